The van der Waals surface area contributed by atoms with Crippen LogP contribution >= 0.6 is 15.9 Å². The minimum Gasteiger partial charge on any atom is -0.316 e. The lowest BCUT2D eigenvalue weighted by molar-refractivity contribution is 0.124. The van der Waals surface area contributed by atoms with Crippen LogP contribution in [0.25, 0.3) is 0 Å². The summed E-state index contributed by atoms with van der Waals surface area (Å²) in [6, 6.07) is 4.57. The molecule has 1 nitrogen and oxygen atoms in total. The van der Waals surface area contributed by atoms with E-state index in [0.717, 1.165) is 13.1 Å². The number of rotatable bonds is 4. The summed E-state index contributed by atoms with van der Waals surface area (Å²) in [5, 5.41) is 3.13. The van der Waals surface area contributed by atoms with Crippen LogP contribution < -0.4 is 5.32 Å². The summed E-state index contributed by atoms with van der Waals surface area (Å²) in [4.78, 5) is 0. The summed E-state index contributed by atoms with van der Waals surface area (Å²) in [5.74, 6) is 0.0949. The Morgan fingerprint density at radius 3 is 2.65 bits per heavy atom. The van der Waals surface area contributed by atoms with Gasteiger partial charge >= 0.3 is 0 Å². The number of alkyl halides is 1. The fourth-order valence-corrected chi connectivity index (χ4v) is 2.82. The van der Waals surface area contributed by atoms with E-state index in [4.69, 9.17) is 0 Å². The Morgan fingerprint density at radius 1 is 1.41 bits per heavy atom. The van der Waals surface area contributed by atoms with Crippen molar-refractivity contribution in [3.63, 3.8) is 0 Å². The van der Waals surface area contributed by atoms with Gasteiger partial charge in [0.2, 0.25) is 0 Å². The van der Waals surface area contributed by atoms with Crippen molar-refractivity contribution in [3.8, 4) is 0 Å². The number of benzene rings is 1. The molecule has 1 unspecified atom stereocenters. The van der Waals surface area contributed by atoms with E-state index in [9.17, 15) is 8.78 Å². The van der Waals surface area contributed by atoms with Gasteiger partial charge in [-0.15, -0.1) is 0 Å². The van der Waals surface area contributed by atoms with Gasteiger partial charge in [0.1, 0.15) is 11.5 Å². The molecule has 1 aliphatic heterocycles. The van der Waals surface area contributed by atoms with Gasteiger partial charge in [-0.1, -0.05) is 15.9 Å². The average molecular weight is 304 g/mol. The fraction of sp³-hybridized carbons (Fsp3) is 0.538. The van der Waals surface area contributed by atoms with Crippen LogP contribution in [-0.4, -0.2) is 18.8 Å². The first-order valence-corrected chi connectivity index (χ1v) is 6.58. The molecule has 1 aromatic carbocycles. The van der Waals surface area contributed by atoms with Crippen LogP contribution in [0.3, 0.4) is 0 Å². The molecule has 1 fully saturated rings. The Bertz CT molecular complexity index is 382. The van der Waals surface area contributed by atoms with Crippen molar-refractivity contribution in [1.82, 2.24) is 5.32 Å². The van der Waals surface area contributed by atoms with E-state index in [1.54, 1.807) is 13.0 Å². The van der Waals surface area contributed by atoms with Gasteiger partial charge in [-0.05, 0) is 56.1 Å². The van der Waals surface area contributed by atoms with Crippen molar-refractivity contribution >= 4 is 15.9 Å². The highest BCUT2D eigenvalue weighted by atomic mass is 79.9. The van der Waals surface area contributed by atoms with Gasteiger partial charge < -0.3 is 5.32 Å². The summed E-state index contributed by atoms with van der Waals surface area (Å²) in [7, 11) is 0. The second-order valence-electron chi connectivity index (χ2n) is 5.10. The molecule has 1 saturated heterocycles. The number of hydrogen-bond acceptors (Lipinski definition) is 1. The van der Waals surface area contributed by atoms with Gasteiger partial charge in [0, 0.05) is 10.9 Å². The number of hydrogen-bond donors (Lipinski definition) is 1. The molecule has 0 saturated carbocycles. The number of halogens is 3. The molecule has 1 aromatic rings. The molecule has 94 valence electrons. The van der Waals surface area contributed by atoms with Crippen LogP contribution in [0.5, 0.6) is 0 Å². The largest absolute Gasteiger partial charge is 0.316 e. The zero-order chi connectivity index (χ0) is 12.5. The third-order valence-electron chi connectivity index (χ3n) is 3.08. The summed E-state index contributed by atoms with van der Waals surface area (Å²) in [6.45, 7) is 3.39. The highest BCUT2D eigenvalue weighted by molar-refractivity contribution is 9.10. The molecular weight excluding hydrogens is 288 g/mol. The van der Waals surface area contributed by atoms with Crippen LogP contribution in [0.15, 0.2) is 22.7 Å². The first kappa shape index (κ1) is 13.0. The van der Waals surface area contributed by atoms with E-state index in [1.807, 2.05) is 0 Å². The molecule has 4 heteroatoms. The zero-order valence-electron chi connectivity index (χ0n) is 9.77. The maximum atomic E-state index is 14.3. The van der Waals surface area contributed by atoms with Crippen molar-refractivity contribution in [2.75, 3.05) is 13.1 Å². The summed E-state index contributed by atoms with van der Waals surface area (Å²) in [6.07, 6.45) is 0.800. The normalized spacial score (nSPS) is 19.8. The minimum atomic E-state index is -1.26. The van der Waals surface area contributed by atoms with Crippen LogP contribution in [0, 0.1) is 11.7 Å². The Kier molecular flexibility index (Phi) is 3.83. The number of nitrogens with one attached hydrogen (secondary N) is 1. The molecule has 0 radical (unpaired) electrons. The highest BCUT2D eigenvalue weighted by Gasteiger charge is 2.30. The average Bonchev–Trinajstić information content (AvgIpc) is 2.09. The first-order valence-electron chi connectivity index (χ1n) is 5.79. The molecular formula is C13H16BrF2N. The van der Waals surface area contributed by atoms with E-state index in [2.05, 4.69) is 21.2 Å². The molecule has 0 bridgehead atoms. The van der Waals surface area contributed by atoms with Gasteiger partial charge in [-0.2, -0.15) is 0 Å². The van der Waals surface area contributed by atoms with Crippen LogP contribution in [0.1, 0.15) is 18.9 Å². The van der Waals surface area contributed by atoms with Crippen molar-refractivity contribution in [2.24, 2.45) is 5.92 Å². The predicted molar refractivity (Wildman–Crippen MR) is 68.3 cm³/mol. The molecule has 0 aromatic heterocycles. The lowest BCUT2D eigenvalue weighted by Crippen LogP contribution is -2.45. The third-order valence-corrected chi connectivity index (χ3v) is 3.53. The Morgan fingerprint density at radius 2 is 2.12 bits per heavy atom. The third kappa shape index (κ3) is 3.75. The van der Waals surface area contributed by atoms with E-state index in [-0.39, 0.29) is 12.2 Å². The Balaban J connectivity index is 2.02. The second-order valence-corrected chi connectivity index (χ2v) is 6.01. The molecule has 0 spiro atoms. The van der Waals surface area contributed by atoms with Crippen LogP contribution in [0.4, 0.5) is 8.78 Å². The van der Waals surface area contributed by atoms with Crippen molar-refractivity contribution in [2.45, 2.75) is 25.4 Å². The van der Waals surface area contributed by atoms with Gasteiger partial charge in [-0.3, -0.25) is 0 Å². The molecule has 1 atom stereocenters. The van der Waals surface area contributed by atoms with E-state index >= 15 is 0 Å². The zero-order valence-corrected chi connectivity index (χ0v) is 11.4. The maximum absolute atomic E-state index is 14.3. The van der Waals surface area contributed by atoms with Crippen molar-refractivity contribution < 1.29 is 8.78 Å². The quantitative estimate of drug-likeness (QED) is 0.898. The monoisotopic (exact) mass is 303 g/mol. The summed E-state index contributed by atoms with van der Waals surface area (Å²) in [5.41, 5.74) is -0.561. The van der Waals surface area contributed by atoms with Crippen LogP contribution in [0.2, 0.25) is 0 Å². The van der Waals surface area contributed by atoms with E-state index < -0.39 is 5.67 Å². The molecule has 1 heterocycles. The van der Waals surface area contributed by atoms with Gasteiger partial charge in [0.05, 0.1) is 0 Å². The van der Waals surface area contributed by atoms with Gasteiger partial charge in [0.15, 0.2) is 0 Å². The Hall–Kier alpha value is -0.480. The second kappa shape index (κ2) is 5.02. The predicted octanol–water partition coefficient (Wildman–Crippen LogP) is 3.47. The SMILES string of the molecule is CC(F)(Cc1cc(F)cc(Br)c1)CC1CNC1. The van der Waals surface area contributed by atoms with Crippen LogP contribution in [-0.2, 0) is 6.42 Å². The van der Waals surface area contributed by atoms with E-state index in [1.165, 1.54) is 12.1 Å². The fourth-order valence-electron chi connectivity index (χ4n) is 2.31. The van der Waals surface area contributed by atoms with Gasteiger partial charge in [0.25, 0.3) is 0 Å². The summed E-state index contributed by atoms with van der Waals surface area (Å²) < 4.78 is 28.2. The van der Waals surface area contributed by atoms with Gasteiger partial charge in [-0.25, -0.2) is 8.78 Å². The van der Waals surface area contributed by atoms with Crippen molar-refractivity contribution in [1.29, 1.82) is 0 Å². The highest BCUT2D eigenvalue weighted by Crippen LogP contribution is 2.28. The first-order chi connectivity index (χ1) is 7.94. The molecule has 0 amide bonds. The minimum absolute atomic E-state index is 0.264. The molecule has 2 rings (SSSR count). The molecule has 17 heavy (non-hydrogen) atoms. The summed E-state index contributed by atoms with van der Waals surface area (Å²) >= 11 is 3.22. The van der Waals surface area contributed by atoms with E-state index in [0.29, 0.717) is 22.4 Å². The lowest BCUT2D eigenvalue weighted by atomic mass is 9.85. The smallest absolute Gasteiger partial charge is 0.124 e. The molecule has 1 aliphatic rings. The molecule has 1 N–H and O–H groups in total. The topological polar surface area (TPSA) is 12.0 Å². The standard InChI is InChI=1S/C13H16BrF2N/c1-13(16,6-10-7-17-8-10)5-9-2-11(14)4-12(15)3-9/h2-4,10,17H,5-8H2,1H3. The van der Waals surface area contributed by atoms with Crippen molar-refractivity contribution in [3.05, 3.63) is 34.1 Å². The maximum Gasteiger partial charge on any atom is 0.124 e. The molecule has 0 aliphatic carbocycles. The lowest BCUT2D eigenvalue weighted by Gasteiger charge is -2.32. The Labute approximate surface area is 109 Å².